The second-order valence-corrected chi connectivity index (χ2v) is 5.25. The Balaban J connectivity index is 1.76. The van der Waals surface area contributed by atoms with Crippen molar-refractivity contribution in [1.82, 2.24) is 14.9 Å². The van der Waals surface area contributed by atoms with Crippen molar-refractivity contribution in [2.24, 2.45) is 7.05 Å². The van der Waals surface area contributed by atoms with Gasteiger partial charge in [-0.05, 0) is 36.8 Å². The minimum atomic E-state index is -0.206. The van der Waals surface area contributed by atoms with Gasteiger partial charge in [0, 0.05) is 13.6 Å². The highest BCUT2D eigenvalue weighted by Gasteiger charge is 2.13. The number of benzene rings is 2. The number of nitrogens with zero attached hydrogens (tertiary/aromatic N) is 2. The summed E-state index contributed by atoms with van der Waals surface area (Å²) < 4.78 is 15.0. The number of aromatic nitrogens is 2. The first-order chi connectivity index (χ1) is 10.1. The Hall–Kier alpha value is -2.20. The monoisotopic (exact) mass is 283 g/mol. The first-order valence-corrected chi connectivity index (χ1v) is 7.04. The van der Waals surface area contributed by atoms with E-state index in [1.807, 2.05) is 25.2 Å². The van der Waals surface area contributed by atoms with Crippen LogP contribution in [0.25, 0.3) is 11.0 Å². The quantitative estimate of drug-likeness (QED) is 0.793. The number of imidazole rings is 1. The van der Waals surface area contributed by atoms with E-state index >= 15 is 0 Å². The van der Waals surface area contributed by atoms with E-state index < -0.39 is 0 Å². The Morgan fingerprint density at radius 1 is 1.14 bits per heavy atom. The molecule has 1 unspecified atom stereocenters. The van der Waals surface area contributed by atoms with E-state index in [4.69, 9.17) is 0 Å². The van der Waals surface area contributed by atoms with Gasteiger partial charge in [-0.2, -0.15) is 0 Å². The molecule has 1 heterocycles. The third-order valence-electron chi connectivity index (χ3n) is 3.73. The van der Waals surface area contributed by atoms with Crippen molar-refractivity contribution in [3.8, 4) is 0 Å². The van der Waals surface area contributed by atoms with Gasteiger partial charge in [0.1, 0.15) is 11.6 Å². The highest BCUT2D eigenvalue weighted by Crippen LogP contribution is 2.19. The number of hydrogen-bond donors (Lipinski definition) is 1. The fraction of sp³-hybridized carbons (Fsp3) is 0.235. The molecule has 2 aromatic carbocycles. The van der Waals surface area contributed by atoms with Crippen molar-refractivity contribution in [3.05, 3.63) is 65.7 Å². The van der Waals surface area contributed by atoms with E-state index in [0.29, 0.717) is 6.54 Å². The van der Waals surface area contributed by atoms with E-state index in [1.165, 1.54) is 12.1 Å². The maximum Gasteiger partial charge on any atom is 0.126 e. The summed E-state index contributed by atoms with van der Waals surface area (Å²) in [5, 5.41) is 3.43. The summed E-state index contributed by atoms with van der Waals surface area (Å²) in [5.41, 5.74) is 3.19. The molecular weight excluding hydrogens is 265 g/mol. The zero-order valence-electron chi connectivity index (χ0n) is 12.2. The number of aryl methyl sites for hydroxylation is 1. The maximum absolute atomic E-state index is 12.9. The molecule has 4 heteroatoms. The summed E-state index contributed by atoms with van der Waals surface area (Å²) in [4.78, 5) is 4.68. The minimum Gasteiger partial charge on any atom is -0.330 e. The smallest absolute Gasteiger partial charge is 0.126 e. The lowest BCUT2D eigenvalue weighted by Gasteiger charge is -2.14. The van der Waals surface area contributed by atoms with Crippen LogP contribution in [0.2, 0.25) is 0 Å². The first-order valence-electron chi connectivity index (χ1n) is 7.04. The third kappa shape index (κ3) is 2.81. The number of nitrogens with one attached hydrogen (secondary N) is 1. The summed E-state index contributed by atoms with van der Waals surface area (Å²) in [6.07, 6.45) is 0. The molecule has 0 aliphatic rings. The van der Waals surface area contributed by atoms with Gasteiger partial charge < -0.3 is 9.88 Å². The van der Waals surface area contributed by atoms with Crippen LogP contribution >= 0.6 is 0 Å². The average molecular weight is 283 g/mol. The molecule has 0 aliphatic heterocycles. The zero-order valence-corrected chi connectivity index (χ0v) is 12.2. The number of hydrogen-bond acceptors (Lipinski definition) is 2. The maximum atomic E-state index is 12.9. The van der Waals surface area contributed by atoms with Crippen LogP contribution in [0, 0.1) is 5.82 Å². The normalized spacial score (nSPS) is 12.7. The summed E-state index contributed by atoms with van der Waals surface area (Å²) in [6, 6.07) is 14.8. The van der Waals surface area contributed by atoms with E-state index in [2.05, 4.69) is 27.9 Å². The molecule has 3 nitrogen and oxygen atoms in total. The molecule has 3 aromatic rings. The van der Waals surface area contributed by atoms with Crippen LogP contribution in [-0.2, 0) is 13.6 Å². The summed E-state index contributed by atoms with van der Waals surface area (Å²) >= 11 is 0. The largest absolute Gasteiger partial charge is 0.330 e. The Kier molecular flexibility index (Phi) is 3.71. The molecule has 108 valence electrons. The molecular formula is C17H18FN3. The van der Waals surface area contributed by atoms with E-state index in [9.17, 15) is 4.39 Å². The molecule has 0 aliphatic carbocycles. The van der Waals surface area contributed by atoms with Gasteiger partial charge in [-0.25, -0.2) is 9.37 Å². The van der Waals surface area contributed by atoms with Gasteiger partial charge in [0.25, 0.3) is 0 Å². The van der Waals surface area contributed by atoms with Gasteiger partial charge in [-0.15, -0.1) is 0 Å². The van der Waals surface area contributed by atoms with E-state index in [1.54, 1.807) is 12.1 Å². The molecule has 1 aromatic heterocycles. The molecule has 0 spiro atoms. The van der Waals surface area contributed by atoms with Crippen molar-refractivity contribution in [3.63, 3.8) is 0 Å². The molecule has 0 radical (unpaired) electrons. The Morgan fingerprint density at radius 3 is 2.57 bits per heavy atom. The molecule has 0 amide bonds. The minimum absolute atomic E-state index is 0.118. The molecule has 1 N–H and O–H groups in total. The van der Waals surface area contributed by atoms with E-state index in [0.717, 1.165) is 22.4 Å². The van der Waals surface area contributed by atoms with Crippen LogP contribution < -0.4 is 5.32 Å². The number of rotatable bonds is 4. The lowest BCUT2D eigenvalue weighted by atomic mass is 10.2. The summed E-state index contributed by atoms with van der Waals surface area (Å²) in [7, 11) is 2.03. The first kappa shape index (κ1) is 13.8. The zero-order chi connectivity index (χ0) is 14.8. The van der Waals surface area contributed by atoms with Crippen molar-refractivity contribution in [2.45, 2.75) is 19.5 Å². The molecule has 0 saturated heterocycles. The highest BCUT2D eigenvalue weighted by molar-refractivity contribution is 5.75. The van der Waals surface area contributed by atoms with Crippen molar-refractivity contribution in [2.75, 3.05) is 0 Å². The van der Waals surface area contributed by atoms with Gasteiger partial charge in [-0.1, -0.05) is 24.3 Å². The SMILES string of the molecule is CC(NCc1ccc(F)cc1)c1nc2ccccc2n1C. The Morgan fingerprint density at radius 2 is 1.86 bits per heavy atom. The average Bonchev–Trinajstić information content (AvgIpc) is 2.84. The number of halogens is 1. The number of para-hydroxylation sites is 2. The lowest BCUT2D eigenvalue weighted by molar-refractivity contribution is 0.532. The van der Waals surface area contributed by atoms with Gasteiger partial charge in [-0.3, -0.25) is 0 Å². The fourth-order valence-corrected chi connectivity index (χ4v) is 2.52. The van der Waals surface area contributed by atoms with E-state index in [-0.39, 0.29) is 11.9 Å². The second-order valence-electron chi connectivity index (χ2n) is 5.25. The molecule has 21 heavy (non-hydrogen) atoms. The topological polar surface area (TPSA) is 29.9 Å². The Bertz CT molecular complexity index is 746. The predicted molar refractivity (Wildman–Crippen MR) is 82.4 cm³/mol. The second kappa shape index (κ2) is 5.66. The van der Waals surface area contributed by atoms with Gasteiger partial charge in [0.05, 0.1) is 17.1 Å². The third-order valence-corrected chi connectivity index (χ3v) is 3.73. The van der Waals surface area contributed by atoms with Gasteiger partial charge in [0.2, 0.25) is 0 Å². The summed E-state index contributed by atoms with van der Waals surface area (Å²) in [6.45, 7) is 2.77. The van der Waals surface area contributed by atoms with Crippen LogP contribution in [0.3, 0.4) is 0 Å². The molecule has 1 atom stereocenters. The molecule has 0 bridgehead atoms. The van der Waals surface area contributed by atoms with Crippen LogP contribution in [0.4, 0.5) is 4.39 Å². The van der Waals surface area contributed by atoms with Crippen LogP contribution in [-0.4, -0.2) is 9.55 Å². The highest BCUT2D eigenvalue weighted by atomic mass is 19.1. The molecule has 3 rings (SSSR count). The Labute approximate surface area is 123 Å². The lowest BCUT2D eigenvalue weighted by Crippen LogP contribution is -2.21. The predicted octanol–water partition coefficient (Wildman–Crippen LogP) is 3.56. The summed E-state index contributed by atoms with van der Waals surface area (Å²) in [5.74, 6) is 0.792. The van der Waals surface area contributed by atoms with Crippen molar-refractivity contribution < 1.29 is 4.39 Å². The molecule has 0 saturated carbocycles. The number of fused-ring (bicyclic) bond motifs is 1. The van der Waals surface area contributed by atoms with Crippen LogP contribution in [0.5, 0.6) is 0 Å². The van der Waals surface area contributed by atoms with Gasteiger partial charge in [0.15, 0.2) is 0 Å². The van der Waals surface area contributed by atoms with Crippen molar-refractivity contribution in [1.29, 1.82) is 0 Å². The molecule has 0 fully saturated rings. The van der Waals surface area contributed by atoms with Crippen molar-refractivity contribution >= 4 is 11.0 Å². The fourth-order valence-electron chi connectivity index (χ4n) is 2.52. The standard InChI is InChI=1S/C17H18FN3/c1-12(19-11-13-7-9-14(18)10-8-13)17-20-15-5-3-4-6-16(15)21(17)2/h3-10,12,19H,11H2,1-2H3. The van der Waals surface area contributed by atoms with Gasteiger partial charge >= 0.3 is 0 Å². The van der Waals surface area contributed by atoms with Crippen LogP contribution in [0.1, 0.15) is 24.4 Å². The van der Waals surface area contributed by atoms with Crippen LogP contribution in [0.15, 0.2) is 48.5 Å².